The molecule has 0 aliphatic heterocycles. The van der Waals surface area contributed by atoms with Gasteiger partial charge >= 0.3 is 0 Å². The van der Waals surface area contributed by atoms with E-state index in [2.05, 4.69) is 33.8 Å². The Balaban J connectivity index is 0.00000450. The van der Waals surface area contributed by atoms with Crippen LogP contribution in [0.3, 0.4) is 0 Å². The maximum atomic E-state index is 5.87. The van der Waals surface area contributed by atoms with Gasteiger partial charge in [-0.3, -0.25) is 0 Å². The van der Waals surface area contributed by atoms with Crippen molar-refractivity contribution in [2.75, 3.05) is 31.7 Å². The lowest BCUT2D eigenvalue weighted by molar-refractivity contribution is 0.319. The van der Waals surface area contributed by atoms with Crippen LogP contribution >= 0.6 is 35.7 Å². The van der Waals surface area contributed by atoms with E-state index in [9.17, 15) is 0 Å². The Morgan fingerprint density at radius 1 is 1.07 bits per heavy atom. The van der Waals surface area contributed by atoms with E-state index in [4.69, 9.17) is 9.47 Å². The van der Waals surface area contributed by atoms with Gasteiger partial charge in [-0.1, -0.05) is 18.2 Å². The van der Waals surface area contributed by atoms with Gasteiger partial charge in [0, 0.05) is 25.4 Å². The van der Waals surface area contributed by atoms with Crippen LogP contribution < -0.4 is 20.1 Å². The predicted octanol–water partition coefficient (Wildman–Crippen LogP) is 5.09. The molecule has 2 aromatic rings. The molecule has 0 saturated heterocycles. The van der Waals surface area contributed by atoms with E-state index in [1.54, 1.807) is 6.20 Å². The molecule has 2 rings (SSSR count). The number of thioether (sulfide) groups is 1. The molecule has 2 N–H and O–H groups in total. The van der Waals surface area contributed by atoms with Gasteiger partial charge in [0.05, 0.1) is 13.2 Å². The van der Waals surface area contributed by atoms with Crippen LogP contribution in [-0.4, -0.2) is 42.6 Å². The molecule has 0 spiro atoms. The van der Waals surface area contributed by atoms with Gasteiger partial charge in [0.15, 0.2) is 17.5 Å². The molecule has 1 aromatic heterocycles. The Kier molecular flexibility index (Phi) is 14.1. The Labute approximate surface area is 201 Å². The second-order valence-corrected chi connectivity index (χ2v) is 7.29. The van der Waals surface area contributed by atoms with Gasteiger partial charge in [0.2, 0.25) is 5.88 Å². The molecule has 0 bridgehead atoms. The average molecular weight is 545 g/mol. The summed E-state index contributed by atoms with van der Waals surface area (Å²) in [6.45, 7) is 6.93. The van der Waals surface area contributed by atoms with Gasteiger partial charge < -0.3 is 20.1 Å². The molecule has 0 unspecified atom stereocenters. The van der Waals surface area contributed by atoms with Crippen molar-refractivity contribution in [3.63, 3.8) is 0 Å². The first kappa shape index (κ1) is 26.4. The maximum absolute atomic E-state index is 5.87. The van der Waals surface area contributed by atoms with Crippen LogP contribution in [0.1, 0.15) is 32.3 Å². The zero-order valence-electron chi connectivity index (χ0n) is 18.0. The Morgan fingerprint density at radius 3 is 2.53 bits per heavy atom. The third-order valence-electron chi connectivity index (χ3n) is 3.99. The van der Waals surface area contributed by atoms with E-state index in [0.717, 1.165) is 31.0 Å². The minimum Gasteiger partial charge on any atom is -0.490 e. The Morgan fingerprint density at radius 2 is 1.87 bits per heavy atom. The zero-order chi connectivity index (χ0) is 20.7. The highest BCUT2D eigenvalue weighted by Gasteiger charge is 2.06. The average Bonchev–Trinajstić information content (AvgIpc) is 2.74. The highest BCUT2D eigenvalue weighted by molar-refractivity contribution is 14.0. The van der Waals surface area contributed by atoms with Gasteiger partial charge in [0.1, 0.15) is 0 Å². The lowest BCUT2D eigenvalue weighted by atomic mass is 10.3. The summed E-state index contributed by atoms with van der Waals surface area (Å²) < 4.78 is 11.5. The number of nitrogens with zero attached hydrogens (tertiary/aromatic N) is 2. The van der Waals surface area contributed by atoms with Gasteiger partial charge in [-0.2, -0.15) is 11.8 Å². The number of guanidine groups is 1. The molecule has 6 nitrogen and oxygen atoms in total. The fourth-order valence-electron chi connectivity index (χ4n) is 2.58. The van der Waals surface area contributed by atoms with Crippen molar-refractivity contribution in [3.8, 4) is 17.4 Å². The van der Waals surface area contributed by atoms with Crippen molar-refractivity contribution in [2.24, 2.45) is 4.99 Å². The number of hydrogen-bond donors (Lipinski definition) is 2. The van der Waals surface area contributed by atoms with Crippen LogP contribution in [0.25, 0.3) is 0 Å². The van der Waals surface area contributed by atoms with Crippen LogP contribution in [0.5, 0.6) is 17.4 Å². The van der Waals surface area contributed by atoms with Crippen molar-refractivity contribution in [1.29, 1.82) is 0 Å². The number of para-hydroxylation sites is 2. The second-order valence-electron chi connectivity index (χ2n) is 6.31. The quantitative estimate of drug-likeness (QED) is 0.168. The van der Waals surface area contributed by atoms with Crippen molar-refractivity contribution < 1.29 is 9.47 Å². The number of aliphatic imine (C=N–C) groups is 1. The zero-order valence-corrected chi connectivity index (χ0v) is 21.2. The van der Waals surface area contributed by atoms with Gasteiger partial charge in [-0.15, -0.1) is 24.0 Å². The molecule has 0 fully saturated rings. The van der Waals surface area contributed by atoms with Crippen molar-refractivity contribution in [2.45, 2.75) is 33.2 Å². The first-order valence-electron chi connectivity index (χ1n) is 10.1. The van der Waals surface area contributed by atoms with Crippen LogP contribution in [0.15, 0.2) is 47.6 Å². The molecule has 0 saturated carbocycles. The summed E-state index contributed by atoms with van der Waals surface area (Å²) >= 11 is 1.89. The molecule has 1 aromatic carbocycles. The van der Waals surface area contributed by atoms with Gasteiger partial charge in [-0.25, -0.2) is 9.98 Å². The van der Waals surface area contributed by atoms with Crippen molar-refractivity contribution >= 4 is 41.7 Å². The van der Waals surface area contributed by atoms with E-state index >= 15 is 0 Å². The lowest BCUT2D eigenvalue weighted by Gasteiger charge is -2.12. The number of benzene rings is 1. The molecule has 0 atom stereocenters. The SMILES string of the molecule is CCNC(=NCc1ccc(Oc2ccccc2OCC)nc1)NCCCCSC.I. The molecule has 0 radical (unpaired) electrons. The number of ether oxygens (including phenoxy) is 2. The van der Waals surface area contributed by atoms with Gasteiger partial charge in [0.25, 0.3) is 0 Å². The van der Waals surface area contributed by atoms with E-state index in [1.165, 1.54) is 12.2 Å². The molecule has 166 valence electrons. The number of rotatable bonds is 12. The largest absolute Gasteiger partial charge is 0.490 e. The molecule has 1 heterocycles. The number of nitrogens with one attached hydrogen (secondary N) is 2. The third kappa shape index (κ3) is 9.88. The normalized spacial score (nSPS) is 10.8. The smallest absolute Gasteiger partial charge is 0.219 e. The number of aromatic nitrogens is 1. The topological polar surface area (TPSA) is 67.8 Å². The van der Waals surface area contributed by atoms with Gasteiger partial charge in [-0.05, 0) is 56.4 Å². The molecule has 8 heteroatoms. The summed E-state index contributed by atoms with van der Waals surface area (Å²) in [4.78, 5) is 9.05. The monoisotopic (exact) mass is 544 g/mol. The first-order valence-corrected chi connectivity index (χ1v) is 11.5. The molecule has 0 aliphatic carbocycles. The Hall–Kier alpha value is -1.68. The molecular weight excluding hydrogens is 511 g/mol. The number of unbranched alkanes of at least 4 members (excludes halogenated alkanes) is 1. The summed E-state index contributed by atoms with van der Waals surface area (Å²) in [5, 5.41) is 6.66. The number of hydrogen-bond acceptors (Lipinski definition) is 5. The van der Waals surface area contributed by atoms with E-state index < -0.39 is 0 Å². The highest BCUT2D eigenvalue weighted by Crippen LogP contribution is 2.30. The molecule has 30 heavy (non-hydrogen) atoms. The van der Waals surface area contributed by atoms with Crippen LogP contribution in [0.4, 0.5) is 0 Å². The summed E-state index contributed by atoms with van der Waals surface area (Å²) in [6.07, 6.45) is 6.29. The minimum absolute atomic E-state index is 0. The maximum Gasteiger partial charge on any atom is 0.219 e. The summed E-state index contributed by atoms with van der Waals surface area (Å²) in [5.41, 5.74) is 1.02. The fraction of sp³-hybridized carbons (Fsp3) is 0.455. The van der Waals surface area contributed by atoms with Crippen LogP contribution in [0, 0.1) is 0 Å². The number of halogens is 1. The summed E-state index contributed by atoms with van der Waals surface area (Å²) in [7, 11) is 0. The van der Waals surface area contributed by atoms with Crippen molar-refractivity contribution in [1.82, 2.24) is 15.6 Å². The van der Waals surface area contributed by atoms with Crippen LogP contribution in [-0.2, 0) is 6.54 Å². The lowest BCUT2D eigenvalue weighted by Crippen LogP contribution is -2.37. The molecule has 0 amide bonds. The number of pyridine rings is 1. The highest BCUT2D eigenvalue weighted by atomic mass is 127. The Bertz CT molecular complexity index is 744. The summed E-state index contributed by atoms with van der Waals surface area (Å²) in [6, 6.07) is 11.4. The van der Waals surface area contributed by atoms with Crippen LogP contribution in [0.2, 0.25) is 0 Å². The molecule has 0 aliphatic rings. The fourth-order valence-corrected chi connectivity index (χ4v) is 3.07. The molecular formula is C22H33IN4O2S. The minimum atomic E-state index is 0. The third-order valence-corrected chi connectivity index (χ3v) is 4.69. The first-order chi connectivity index (χ1) is 14.3. The summed E-state index contributed by atoms with van der Waals surface area (Å²) in [5.74, 6) is 3.94. The van der Waals surface area contributed by atoms with E-state index in [1.807, 2.05) is 55.1 Å². The van der Waals surface area contributed by atoms with E-state index in [0.29, 0.717) is 30.5 Å². The van der Waals surface area contributed by atoms with E-state index in [-0.39, 0.29) is 24.0 Å². The second kappa shape index (κ2) is 16.1. The standard InChI is InChI=1S/C22H32N4O2S.HI/c1-4-23-22(24-14-8-9-15-29-3)26-17-18-12-13-21(25-16-18)28-20-11-7-6-10-19(20)27-5-2;/h6-7,10-13,16H,4-5,8-9,14-15,17H2,1-3H3,(H2,23,24,26);1H. The predicted molar refractivity (Wildman–Crippen MR) is 138 cm³/mol. The van der Waals surface area contributed by atoms with Crippen molar-refractivity contribution in [3.05, 3.63) is 48.2 Å².